The minimum absolute atomic E-state index is 0.00616. The van der Waals surface area contributed by atoms with E-state index in [1.165, 1.54) is 4.70 Å². The van der Waals surface area contributed by atoms with Gasteiger partial charge in [0.1, 0.15) is 0 Å². The normalized spacial score (nSPS) is 22.8. The largest absolute Gasteiger partial charge is 0.370 e. The third kappa shape index (κ3) is 3.13. The molecule has 7 nitrogen and oxygen atoms in total. The van der Waals surface area contributed by atoms with Gasteiger partial charge < -0.3 is 15.0 Å². The summed E-state index contributed by atoms with van der Waals surface area (Å²) in [5.41, 5.74) is 2.02. The second-order valence-corrected chi connectivity index (χ2v) is 8.22. The lowest BCUT2D eigenvalue weighted by Crippen LogP contribution is -2.45. The molecule has 0 aliphatic carbocycles. The van der Waals surface area contributed by atoms with Gasteiger partial charge in [0.25, 0.3) is 0 Å². The molecule has 4 rings (SSSR count). The predicted octanol–water partition coefficient (Wildman–Crippen LogP) is 1.99. The first-order chi connectivity index (χ1) is 12.0. The molecule has 25 heavy (non-hydrogen) atoms. The second-order valence-electron chi connectivity index (χ2n) is 7.24. The number of nitrogens with one attached hydrogen (secondary N) is 1. The van der Waals surface area contributed by atoms with E-state index >= 15 is 0 Å². The molecule has 2 aromatic heterocycles. The summed E-state index contributed by atoms with van der Waals surface area (Å²) in [5, 5.41) is 8.40. The Balaban J connectivity index is 1.39. The lowest BCUT2D eigenvalue weighted by molar-refractivity contribution is -0.120. The van der Waals surface area contributed by atoms with E-state index in [2.05, 4.69) is 15.3 Å². The third-order valence-electron chi connectivity index (χ3n) is 5.40. The van der Waals surface area contributed by atoms with E-state index in [9.17, 15) is 4.79 Å². The first-order valence-corrected chi connectivity index (χ1v) is 9.75. The van der Waals surface area contributed by atoms with Gasteiger partial charge in [-0.1, -0.05) is 11.3 Å². The summed E-state index contributed by atoms with van der Waals surface area (Å²) in [4.78, 5) is 18.2. The Hall–Kier alpha value is -1.67. The molecule has 0 unspecified atom stereocenters. The van der Waals surface area contributed by atoms with E-state index in [4.69, 9.17) is 9.72 Å². The molecule has 0 radical (unpaired) electrons. The number of aromatic nitrogens is 3. The minimum atomic E-state index is -0.00616. The summed E-state index contributed by atoms with van der Waals surface area (Å²) in [6.07, 6.45) is 4.33. The number of thiazole rings is 1. The van der Waals surface area contributed by atoms with Gasteiger partial charge in [0.05, 0.1) is 22.1 Å². The molecule has 0 saturated carbocycles. The van der Waals surface area contributed by atoms with Crippen LogP contribution in [0.25, 0.3) is 10.3 Å². The zero-order valence-corrected chi connectivity index (χ0v) is 15.9. The highest BCUT2D eigenvalue weighted by Gasteiger charge is 2.42. The first-order valence-electron chi connectivity index (χ1n) is 8.93. The van der Waals surface area contributed by atoms with E-state index in [1.54, 1.807) is 18.3 Å². The molecular weight excluding hydrogens is 338 g/mol. The Kier molecular flexibility index (Phi) is 4.19. The molecule has 2 saturated heterocycles. The van der Waals surface area contributed by atoms with Crippen molar-refractivity contribution in [2.24, 2.45) is 7.05 Å². The van der Waals surface area contributed by atoms with Crippen LogP contribution in [0.3, 0.4) is 0 Å². The van der Waals surface area contributed by atoms with Gasteiger partial charge in [-0.3, -0.25) is 4.79 Å². The summed E-state index contributed by atoms with van der Waals surface area (Å²) in [5.74, 6) is 0.0139. The molecule has 0 bridgehead atoms. The Morgan fingerprint density at radius 2 is 2.16 bits per heavy atom. The van der Waals surface area contributed by atoms with E-state index in [1.807, 2.05) is 18.7 Å². The molecule has 2 aromatic rings. The topological polar surface area (TPSA) is 72.3 Å². The number of aryl methyl sites for hydroxylation is 2. The Bertz CT molecular complexity index is 756. The average molecular weight is 363 g/mol. The number of carbonyl (C=O) groups excluding carboxylic acids is 1. The molecule has 136 valence electrons. The minimum Gasteiger partial charge on any atom is -0.370 e. The summed E-state index contributed by atoms with van der Waals surface area (Å²) in [6.45, 7) is 6.17. The van der Waals surface area contributed by atoms with Crippen LogP contribution in [0.2, 0.25) is 0 Å². The molecule has 1 atom stereocenters. The lowest BCUT2D eigenvalue weighted by atomic mass is 9.89. The number of ether oxygens (including phenoxy) is 1. The van der Waals surface area contributed by atoms with Crippen LogP contribution in [-0.4, -0.2) is 52.0 Å². The number of hydrogen-bond donors (Lipinski definition) is 1. The Morgan fingerprint density at radius 1 is 1.40 bits per heavy atom. The van der Waals surface area contributed by atoms with Crippen LogP contribution in [0.4, 0.5) is 5.13 Å². The van der Waals surface area contributed by atoms with Crippen molar-refractivity contribution < 1.29 is 9.53 Å². The van der Waals surface area contributed by atoms with Crippen LogP contribution < -0.4 is 10.2 Å². The molecule has 4 heterocycles. The van der Waals surface area contributed by atoms with Gasteiger partial charge in [-0.2, -0.15) is 5.10 Å². The Morgan fingerprint density at radius 3 is 2.84 bits per heavy atom. The first kappa shape index (κ1) is 16.8. The van der Waals surface area contributed by atoms with E-state index in [0.29, 0.717) is 6.54 Å². The van der Waals surface area contributed by atoms with Gasteiger partial charge in [0, 0.05) is 33.6 Å². The fourth-order valence-corrected chi connectivity index (χ4v) is 5.06. The maximum absolute atomic E-state index is 11.1. The SMILES string of the molecule is CC(=O)NC[C@H]1CCC2(CCN(c3nc4c(s3)c(C)nn4C)CC2)O1. The monoisotopic (exact) mass is 363 g/mol. The fourth-order valence-electron chi connectivity index (χ4n) is 3.98. The molecule has 1 spiro atoms. The summed E-state index contributed by atoms with van der Waals surface area (Å²) in [6, 6.07) is 0. The van der Waals surface area contributed by atoms with Gasteiger partial charge in [-0.15, -0.1) is 0 Å². The molecule has 1 N–H and O–H groups in total. The van der Waals surface area contributed by atoms with Crippen molar-refractivity contribution in [3.8, 4) is 0 Å². The van der Waals surface area contributed by atoms with Crippen molar-refractivity contribution in [1.82, 2.24) is 20.1 Å². The van der Waals surface area contributed by atoms with Crippen LogP contribution in [0.1, 0.15) is 38.3 Å². The smallest absolute Gasteiger partial charge is 0.216 e. The average Bonchev–Trinajstić information content (AvgIpc) is 3.24. The lowest BCUT2D eigenvalue weighted by Gasteiger charge is -2.39. The van der Waals surface area contributed by atoms with E-state index in [-0.39, 0.29) is 17.6 Å². The maximum Gasteiger partial charge on any atom is 0.216 e. The number of fused-ring (bicyclic) bond motifs is 1. The predicted molar refractivity (Wildman–Crippen MR) is 98.1 cm³/mol. The molecule has 2 fully saturated rings. The van der Waals surface area contributed by atoms with Crippen molar-refractivity contribution in [2.75, 3.05) is 24.5 Å². The summed E-state index contributed by atoms with van der Waals surface area (Å²) < 4.78 is 9.38. The molecule has 1 amide bonds. The van der Waals surface area contributed by atoms with Crippen molar-refractivity contribution in [3.63, 3.8) is 0 Å². The Labute approximate surface area is 151 Å². The zero-order valence-electron chi connectivity index (χ0n) is 15.0. The molecule has 8 heteroatoms. The number of hydrogen-bond acceptors (Lipinski definition) is 6. The van der Waals surface area contributed by atoms with Crippen LogP contribution >= 0.6 is 11.3 Å². The molecule has 2 aliphatic rings. The van der Waals surface area contributed by atoms with Crippen LogP contribution in [-0.2, 0) is 16.6 Å². The highest BCUT2D eigenvalue weighted by molar-refractivity contribution is 7.22. The fraction of sp³-hybridized carbons (Fsp3) is 0.706. The quantitative estimate of drug-likeness (QED) is 0.903. The van der Waals surface area contributed by atoms with Crippen molar-refractivity contribution in [2.45, 2.75) is 51.2 Å². The molecular formula is C17H25N5O2S. The van der Waals surface area contributed by atoms with Crippen molar-refractivity contribution in [3.05, 3.63) is 5.69 Å². The van der Waals surface area contributed by atoms with Gasteiger partial charge in [0.15, 0.2) is 10.8 Å². The number of nitrogens with zero attached hydrogens (tertiary/aromatic N) is 4. The van der Waals surface area contributed by atoms with Gasteiger partial charge in [0.2, 0.25) is 5.91 Å². The number of piperidine rings is 1. The second kappa shape index (κ2) is 6.25. The number of anilines is 1. The number of carbonyl (C=O) groups is 1. The van der Waals surface area contributed by atoms with Gasteiger partial charge in [-0.05, 0) is 32.6 Å². The van der Waals surface area contributed by atoms with E-state index < -0.39 is 0 Å². The van der Waals surface area contributed by atoms with Crippen molar-refractivity contribution in [1.29, 1.82) is 0 Å². The maximum atomic E-state index is 11.1. The highest BCUT2D eigenvalue weighted by atomic mass is 32.1. The van der Waals surface area contributed by atoms with Crippen molar-refractivity contribution >= 4 is 32.7 Å². The summed E-state index contributed by atoms with van der Waals surface area (Å²) in [7, 11) is 1.95. The molecule has 0 aromatic carbocycles. The number of rotatable bonds is 3. The van der Waals surface area contributed by atoms with Crippen LogP contribution in [0.5, 0.6) is 0 Å². The summed E-state index contributed by atoms with van der Waals surface area (Å²) >= 11 is 1.74. The number of amides is 1. The van der Waals surface area contributed by atoms with Crippen LogP contribution in [0, 0.1) is 6.92 Å². The van der Waals surface area contributed by atoms with Gasteiger partial charge in [-0.25, -0.2) is 9.67 Å². The van der Waals surface area contributed by atoms with Crippen LogP contribution in [0.15, 0.2) is 0 Å². The molecule has 2 aliphatic heterocycles. The van der Waals surface area contributed by atoms with Gasteiger partial charge >= 0.3 is 0 Å². The standard InChI is InChI=1S/C17H25N5O2S/c1-11-14-15(21(3)20-11)19-16(25-14)22-8-6-17(7-9-22)5-4-13(24-17)10-18-12(2)23/h13H,4-10H2,1-3H3,(H,18,23)/t13-/m1/s1. The third-order valence-corrected chi connectivity index (χ3v) is 6.61. The zero-order chi connectivity index (χ0) is 17.6. The highest BCUT2D eigenvalue weighted by Crippen LogP contribution is 2.41. The van der Waals surface area contributed by atoms with E-state index in [0.717, 1.165) is 55.2 Å².